The van der Waals surface area contributed by atoms with Gasteiger partial charge in [0.05, 0.1) is 6.54 Å². The third kappa shape index (κ3) is 1.86. The topological polar surface area (TPSA) is 66.6 Å². The van der Waals surface area contributed by atoms with Crippen LogP contribution in [0.2, 0.25) is 5.15 Å². The van der Waals surface area contributed by atoms with E-state index in [-0.39, 0.29) is 6.54 Å². The normalized spacial score (nSPS) is 9.27. The maximum atomic E-state index is 8.01. The van der Waals surface area contributed by atoms with E-state index in [1.807, 2.05) is 0 Å². The highest BCUT2D eigenvalue weighted by Gasteiger charge is 2.01. The van der Waals surface area contributed by atoms with Crippen LogP contribution in [0.1, 0.15) is 5.56 Å². The van der Waals surface area contributed by atoms with Gasteiger partial charge in [0.25, 0.3) is 0 Å². The van der Waals surface area contributed by atoms with Gasteiger partial charge in [-0.1, -0.05) is 16.7 Å². The highest BCUT2D eigenvalue weighted by Crippen LogP contribution is 2.13. The smallest absolute Gasteiger partial charge is 0.154 e. The van der Waals surface area contributed by atoms with Gasteiger partial charge in [-0.2, -0.15) is 5.10 Å². The number of rotatable bonds is 2. The van der Waals surface area contributed by atoms with Crippen LogP contribution < -0.4 is 0 Å². The zero-order chi connectivity index (χ0) is 8.27. The molecule has 0 aliphatic carbocycles. The third-order valence-electron chi connectivity index (χ3n) is 1.16. The summed E-state index contributed by atoms with van der Waals surface area (Å²) in [5.41, 5.74) is 8.76. The molecule has 1 aromatic rings. The van der Waals surface area contributed by atoms with Gasteiger partial charge in [0.15, 0.2) is 5.15 Å². The second-order valence-corrected chi connectivity index (χ2v) is 2.37. The average molecular weight is 172 g/mol. The van der Waals surface area contributed by atoms with Gasteiger partial charge in [-0.05, 0) is 5.53 Å². The number of nitrogens with zero attached hydrogens (tertiary/aromatic N) is 5. The lowest BCUT2D eigenvalue weighted by Gasteiger charge is -1.84. The SMILES string of the molecule is Cn1cc(CN=[N+]=[N-])c(Cl)n1. The van der Waals surface area contributed by atoms with Gasteiger partial charge in [0, 0.05) is 23.7 Å². The third-order valence-corrected chi connectivity index (χ3v) is 1.48. The molecule has 1 heterocycles. The first kappa shape index (κ1) is 7.91. The van der Waals surface area contributed by atoms with Crippen LogP contribution in [-0.4, -0.2) is 9.78 Å². The molecule has 1 aromatic heterocycles. The summed E-state index contributed by atoms with van der Waals surface area (Å²) in [6, 6.07) is 0. The molecule has 58 valence electrons. The van der Waals surface area contributed by atoms with Crippen molar-refractivity contribution in [2.75, 3.05) is 0 Å². The summed E-state index contributed by atoms with van der Waals surface area (Å²) >= 11 is 5.67. The zero-order valence-corrected chi connectivity index (χ0v) is 6.65. The van der Waals surface area contributed by atoms with E-state index >= 15 is 0 Å². The van der Waals surface area contributed by atoms with Crippen molar-refractivity contribution in [3.8, 4) is 0 Å². The number of halogens is 1. The molecule has 0 aliphatic rings. The van der Waals surface area contributed by atoms with Crippen molar-refractivity contribution in [3.63, 3.8) is 0 Å². The Labute approximate surface area is 68.2 Å². The van der Waals surface area contributed by atoms with Crippen molar-refractivity contribution in [1.82, 2.24) is 9.78 Å². The number of hydrogen-bond donors (Lipinski definition) is 0. The fourth-order valence-corrected chi connectivity index (χ4v) is 0.952. The highest BCUT2D eigenvalue weighted by atomic mass is 35.5. The van der Waals surface area contributed by atoms with E-state index in [4.69, 9.17) is 17.1 Å². The Morgan fingerprint density at radius 1 is 1.91 bits per heavy atom. The summed E-state index contributed by atoms with van der Waals surface area (Å²) in [7, 11) is 1.76. The van der Waals surface area contributed by atoms with E-state index in [1.165, 1.54) is 0 Å². The van der Waals surface area contributed by atoms with Crippen molar-refractivity contribution in [1.29, 1.82) is 0 Å². The number of azide groups is 1. The van der Waals surface area contributed by atoms with E-state index in [0.717, 1.165) is 5.56 Å². The Kier molecular flexibility index (Phi) is 2.36. The molecule has 1 rings (SSSR count). The molecule has 0 bridgehead atoms. The summed E-state index contributed by atoms with van der Waals surface area (Å²) in [5, 5.41) is 7.61. The maximum Gasteiger partial charge on any atom is 0.154 e. The van der Waals surface area contributed by atoms with Crippen molar-refractivity contribution in [2.24, 2.45) is 12.2 Å². The molecule has 0 radical (unpaired) electrons. The van der Waals surface area contributed by atoms with E-state index in [0.29, 0.717) is 5.15 Å². The molecule has 0 aliphatic heterocycles. The minimum Gasteiger partial charge on any atom is -0.274 e. The number of aromatic nitrogens is 2. The molecule has 0 fully saturated rings. The summed E-state index contributed by atoms with van der Waals surface area (Å²) in [6.07, 6.45) is 1.72. The molecule has 5 nitrogen and oxygen atoms in total. The Morgan fingerprint density at radius 3 is 3.09 bits per heavy atom. The van der Waals surface area contributed by atoms with Crippen molar-refractivity contribution >= 4 is 11.6 Å². The van der Waals surface area contributed by atoms with Crippen LogP contribution in [0.25, 0.3) is 10.4 Å². The number of hydrogen-bond acceptors (Lipinski definition) is 2. The second-order valence-electron chi connectivity index (χ2n) is 2.01. The van der Waals surface area contributed by atoms with Crippen LogP contribution in [0.3, 0.4) is 0 Å². The molecule has 11 heavy (non-hydrogen) atoms. The fourth-order valence-electron chi connectivity index (χ4n) is 0.724. The van der Waals surface area contributed by atoms with Crippen molar-refractivity contribution in [3.05, 3.63) is 27.4 Å². The van der Waals surface area contributed by atoms with Crippen LogP contribution in [0.5, 0.6) is 0 Å². The van der Waals surface area contributed by atoms with E-state index < -0.39 is 0 Å². The summed E-state index contributed by atoms with van der Waals surface area (Å²) in [4.78, 5) is 2.61. The van der Waals surface area contributed by atoms with Crippen molar-refractivity contribution < 1.29 is 0 Å². The fraction of sp³-hybridized carbons (Fsp3) is 0.400. The molecule has 0 atom stereocenters. The Morgan fingerprint density at radius 2 is 2.64 bits per heavy atom. The second kappa shape index (κ2) is 3.27. The lowest BCUT2D eigenvalue weighted by atomic mass is 10.4. The zero-order valence-electron chi connectivity index (χ0n) is 5.90. The van der Waals surface area contributed by atoms with Gasteiger partial charge in [0.1, 0.15) is 0 Å². The molecule has 6 heteroatoms. The van der Waals surface area contributed by atoms with Gasteiger partial charge in [-0.3, -0.25) is 4.68 Å². The lowest BCUT2D eigenvalue weighted by Crippen LogP contribution is -1.84. The minimum absolute atomic E-state index is 0.253. The summed E-state index contributed by atoms with van der Waals surface area (Å²) in [5.74, 6) is 0. The Hall–Kier alpha value is -1.19. The molecule has 0 unspecified atom stereocenters. The first-order chi connectivity index (χ1) is 5.24. The van der Waals surface area contributed by atoms with Crippen LogP contribution >= 0.6 is 11.6 Å². The molecular formula is C5H6ClN5. The lowest BCUT2D eigenvalue weighted by molar-refractivity contribution is 0.767. The van der Waals surface area contributed by atoms with Crippen LogP contribution in [0, 0.1) is 0 Å². The molecule has 0 spiro atoms. The molecule has 0 amide bonds. The predicted molar refractivity (Wildman–Crippen MR) is 41.1 cm³/mol. The molecule has 0 N–H and O–H groups in total. The molecule has 0 aromatic carbocycles. The van der Waals surface area contributed by atoms with Gasteiger partial charge in [0.2, 0.25) is 0 Å². The Balaban J connectivity index is 2.85. The van der Waals surface area contributed by atoms with Crippen LogP contribution in [0.15, 0.2) is 11.3 Å². The van der Waals surface area contributed by atoms with Gasteiger partial charge >= 0.3 is 0 Å². The summed E-state index contributed by atoms with van der Waals surface area (Å²) < 4.78 is 1.57. The predicted octanol–water partition coefficient (Wildman–Crippen LogP) is 1.88. The monoisotopic (exact) mass is 171 g/mol. The highest BCUT2D eigenvalue weighted by molar-refractivity contribution is 6.30. The molecular weight excluding hydrogens is 166 g/mol. The van der Waals surface area contributed by atoms with Gasteiger partial charge in [-0.25, -0.2) is 0 Å². The summed E-state index contributed by atoms with van der Waals surface area (Å²) in [6.45, 7) is 0.253. The van der Waals surface area contributed by atoms with Crippen LogP contribution in [-0.2, 0) is 13.6 Å². The first-order valence-electron chi connectivity index (χ1n) is 2.93. The van der Waals surface area contributed by atoms with E-state index in [9.17, 15) is 0 Å². The van der Waals surface area contributed by atoms with E-state index in [2.05, 4.69) is 15.1 Å². The minimum atomic E-state index is 0.253. The quantitative estimate of drug-likeness (QED) is 0.381. The number of aryl methyl sites for hydroxylation is 1. The van der Waals surface area contributed by atoms with E-state index in [1.54, 1.807) is 17.9 Å². The Bertz CT molecular complexity index is 298. The first-order valence-corrected chi connectivity index (χ1v) is 3.30. The molecule has 0 saturated carbocycles. The average Bonchev–Trinajstić information content (AvgIpc) is 2.26. The maximum absolute atomic E-state index is 8.01. The van der Waals surface area contributed by atoms with Crippen LogP contribution in [0.4, 0.5) is 0 Å². The van der Waals surface area contributed by atoms with Gasteiger partial charge < -0.3 is 0 Å². The van der Waals surface area contributed by atoms with Gasteiger partial charge in [-0.15, -0.1) is 0 Å². The standard InChI is InChI=1S/C5H6ClN5/c1-11-3-4(2-8-10-7)5(6)9-11/h3H,2H2,1H3. The largest absolute Gasteiger partial charge is 0.274 e. The van der Waals surface area contributed by atoms with Crippen molar-refractivity contribution in [2.45, 2.75) is 6.54 Å². The molecule has 0 saturated heterocycles.